The Hall–Kier alpha value is -1.04. The topological polar surface area (TPSA) is 38.3 Å². The Kier molecular flexibility index (Phi) is 4.50. The van der Waals surface area contributed by atoms with E-state index in [1.807, 2.05) is 13.0 Å². The normalized spacial score (nSPS) is 10.3. The van der Waals surface area contributed by atoms with Gasteiger partial charge in [0.1, 0.15) is 5.75 Å². The molecule has 0 aliphatic heterocycles. The Morgan fingerprint density at radius 2 is 2.16 bits per heavy atom. The maximum atomic E-state index is 12.0. The lowest BCUT2D eigenvalue weighted by Gasteiger charge is -2.07. The highest BCUT2D eigenvalue weighted by Crippen LogP contribution is 2.30. The van der Waals surface area contributed by atoms with Crippen molar-refractivity contribution in [2.45, 2.75) is 6.92 Å². The third kappa shape index (κ3) is 3.29. The Balaban J connectivity index is 2.17. The summed E-state index contributed by atoms with van der Waals surface area (Å²) in [4.78, 5) is 12.7. The van der Waals surface area contributed by atoms with Crippen molar-refractivity contribution in [2.75, 3.05) is 12.4 Å². The third-order valence-electron chi connectivity index (χ3n) is 2.49. The molecule has 3 nitrogen and oxygen atoms in total. The molecule has 0 saturated heterocycles. The third-order valence-corrected chi connectivity index (χ3v) is 4.92. The van der Waals surface area contributed by atoms with Crippen LogP contribution in [0.2, 0.25) is 5.02 Å². The Labute approximate surface area is 128 Å². The van der Waals surface area contributed by atoms with E-state index in [1.54, 1.807) is 25.3 Å². The molecule has 100 valence electrons. The summed E-state index contributed by atoms with van der Waals surface area (Å²) in [5.74, 6) is 0.425. The van der Waals surface area contributed by atoms with Gasteiger partial charge in [0.25, 0.3) is 5.91 Å². The number of nitrogens with one attached hydrogen (secondary N) is 1. The van der Waals surface area contributed by atoms with E-state index in [9.17, 15) is 4.79 Å². The summed E-state index contributed by atoms with van der Waals surface area (Å²) in [6.07, 6.45) is 0. The average Bonchev–Trinajstić information content (AvgIpc) is 2.70. The van der Waals surface area contributed by atoms with Crippen LogP contribution in [0.15, 0.2) is 28.1 Å². The number of hydrogen-bond donors (Lipinski definition) is 1. The van der Waals surface area contributed by atoms with E-state index in [0.29, 0.717) is 21.3 Å². The fraction of sp³-hybridized carbons (Fsp3) is 0.154. The molecule has 0 unspecified atom stereocenters. The molecule has 2 rings (SSSR count). The standard InChI is InChI=1S/C13H11BrClNO2S/c1-7-5-11(19-12(7)14)13(17)16-8-3-4-10(18-2)9(15)6-8/h3-6H,1-2H3,(H,16,17). The summed E-state index contributed by atoms with van der Waals surface area (Å²) in [6, 6.07) is 6.97. The maximum Gasteiger partial charge on any atom is 0.265 e. The van der Waals surface area contributed by atoms with Gasteiger partial charge in [-0.1, -0.05) is 11.6 Å². The molecule has 0 saturated carbocycles. The highest BCUT2D eigenvalue weighted by Gasteiger charge is 2.12. The fourth-order valence-corrected chi connectivity index (χ4v) is 3.20. The summed E-state index contributed by atoms with van der Waals surface area (Å²) >= 11 is 10.8. The number of rotatable bonds is 3. The van der Waals surface area contributed by atoms with Gasteiger partial charge in [-0.15, -0.1) is 11.3 Å². The maximum absolute atomic E-state index is 12.0. The van der Waals surface area contributed by atoms with Crippen LogP contribution in [-0.4, -0.2) is 13.0 Å². The van der Waals surface area contributed by atoms with Crippen LogP contribution in [0.3, 0.4) is 0 Å². The van der Waals surface area contributed by atoms with Crippen molar-refractivity contribution >= 4 is 50.5 Å². The molecule has 0 spiro atoms. The highest BCUT2D eigenvalue weighted by atomic mass is 79.9. The number of halogens is 2. The SMILES string of the molecule is COc1ccc(NC(=O)c2cc(C)c(Br)s2)cc1Cl. The lowest BCUT2D eigenvalue weighted by molar-refractivity contribution is 0.103. The molecule has 1 N–H and O–H groups in total. The molecule has 6 heteroatoms. The van der Waals surface area contributed by atoms with Crippen molar-refractivity contribution in [3.05, 3.63) is 43.5 Å². The van der Waals surface area contributed by atoms with E-state index >= 15 is 0 Å². The van der Waals surface area contributed by atoms with Gasteiger partial charge < -0.3 is 10.1 Å². The van der Waals surface area contributed by atoms with Gasteiger partial charge in [0.2, 0.25) is 0 Å². The summed E-state index contributed by atoms with van der Waals surface area (Å²) in [5, 5.41) is 3.26. The molecule has 2 aromatic rings. The highest BCUT2D eigenvalue weighted by molar-refractivity contribution is 9.11. The van der Waals surface area contributed by atoms with E-state index in [-0.39, 0.29) is 5.91 Å². The molecule has 0 fully saturated rings. The number of methoxy groups -OCH3 is 1. The number of amides is 1. The van der Waals surface area contributed by atoms with Gasteiger partial charge in [0, 0.05) is 5.69 Å². The summed E-state index contributed by atoms with van der Waals surface area (Å²) < 4.78 is 6.02. The first kappa shape index (κ1) is 14.4. The molecule has 0 bridgehead atoms. The van der Waals surface area contributed by atoms with E-state index in [1.165, 1.54) is 11.3 Å². The number of ether oxygens (including phenoxy) is 1. The molecule has 19 heavy (non-hydrogen) atoms. The zero-order valence-corrected chi connectivity index (χ0v) is 13.4. The minimum Gasteiger partial charge on any atom is -0.495 e. The fourth-order valence-electron chi connectivity index (χ4n) is 1.51. The zero-order valence-electron chi connectivity index (χ0n) is 10.3. The number of benzene rings is 1. The van der Waals surface area contributed by atoms with Gasteiger partial charge in [0.15, 0.2) is 0 Å². The predicted molar refractivity (Wildman–Crippen MR) is 82.7 cm³/mol. The van der Waals surface area contributed by atoms with E-state index < -0.39 is 0 Å². The number of hydrogen-bond acceptors (Lipinski definition) is 3. The average molecular weight is 361 g/mol. The quantitative estimate of drug-likeness (QED) is 0.859. The van der Waals surface area contributed by atoms with E-state index in [4.69, 9.17) is 16.3 Å². The first-order valence-electron chi connectivity index (χ1n) is 5.42. The molecular formula is C13H11BrClNO2S. The molecule has 0 atom stereocenters. The summed E-state index contributed by atoms with van der Waals surface area (Å²) in [7, 11) is 1.55. The monoisotopic (exact) mass is 359 g/mol. The van der Waals surface area contributed by atoms with Crippen molar-refractivity contribution < 1.29 is 9.53 Å². The second-order valence-corrected chi connectivity index (χ2v) is 6.65. The number of carbonyl (C=O) groups is 1. The second kappa shape index (κ2) is 5.94. The van der Waals surface area contributed by atoms with Gasteiger partial charge in [-0.25, -0.2) is 0 Å². The molecule has 1 amide bonds. The first-order chi connectivity index (χ1) is 9.01. The van der Waals surface area contributed by atoms with Crippen LogP contribution in [0.25, 0.3) is 0 Å². The van der Waals surface area contributed by atoms with E-state index in [0.717, 1.165) is 9.35 Å². The molecular weight excluding hydrogens is 350 g/mol. The van der Waals surface area contributed by atoms with Crippen LogP contribution in [0.5, 0.6) is 5.75 Å². The van der Waals surface area contributed by atoms with Crippen LogP contribution in [0, 0.1) is 6.92 Å². The van der Waals surface area contributed by atoms with E-state index in [2.05, 4.69) is 21.2 Å². The Bertz CT molecular complexity index is 608. The van der Waals surface area contributed by atoms with Crippen molar-refractivity contribution in [3.63, 3.8) is 0 Å². The van der Waals surface area contributed by atoms with Crippen molar-refractivity contribution in [1.82, 2.24) is 0 Å². The predicted octanol–water partition coefficient (Wildman–Crippen LogP) is 4.73. The van der Waals surface area contributed by atoms with Crippen molar-refractivity contribution in [2.24, 2.45) is 0 Å². The van der Waals surface area contributed by atoms with Gasteiger partial charge in [-0.2, -0.15) is 0 Å². The smallest absolute Gasteiger partial charge is 0.265 e. The number of carbonyl (C=O) groups excluding carboxylic acids is 1. The van der Waals surface area contributed by atoms with Crippen LogP contribution in [-0.2, 0) is 0 Å². The molecule has 0 radical (unpaired) electrons. The van der Waals surface area contributed by atoms with Crippen LogP contribution in [0.1, 0.15) is 15.2 Å². The largest absolute Gasteiger partial charge is 0.495 e. The summed E-state index contributed by atoms with van der Waals surface area (Å²) in [5.41, 5.74) is 1.68. The second-order valence-electron chi connectivity index (χ2n) is 3.87. The number of thiophene rings is 1. The Morgan fingerprint density at radius 1 is 1.42 bits per heavy atom. The lowest BCUT2D eigenvalue weighted by atomic mass is 10.3. The van der Waals surface area contributed by atoms with Crippen molar-refractivity contribution in [1.29, 1.82) is 0 Å². The first-order valence-corrected chi connectivity index (χ1v) is 7.41. The zero-order chi connectivity index (χ0) is 14.0. The molecule has 1 heterocycles. The number of anilines is 1. The Morgan fingerprint density at radius 3 is 2.68 bits per heavy atom. The van der Waals surface area contributed by atoms with Gasteiger partial charge in [-0.3, -0.25) is 4.79 Å². The van der Waals surface area contributed by atoms with Crippen LogP contribution >= 0.6 is 38.9 Å². The van der Waals surface area contributed by atoms with Gasteiger partial charge in [0.05, 0.1) is 20.8 Å². The lowest BCUT2D eigenvalue weighted by Crippen LogP contribution is -2.10. The van der Waals surface area contributed by atoms with Crippen LogP contribution in [0.4, 0.5) is 5.69 Å². The number of aryl methyl sites for hydroxylation is 1. The minimum atomic E-state index is -0.153. The molecule has 1 aromatic heterocycles. The van der Waals surface area contributed by atoms with Crippen LogP contribution < -0.4 is 10.1 Å². The van der Waals surface area contributed by atoms with Gasteiger partial charge >= 0.3 is 0 Å². The van der Waals surface area contributed by atoms with Gasteiger partial charge in [-0.05, 0) is 52.7 Å². The molecule has 0 aliphatic rings. The molecule has 0 aliphatic carbocycles. The van der Waals surface area contributed by atoms with Crippen molar-refractivity contribution in [3.8, 4) is 5.75 Å². The molecule has 1 aromatic carbocycles. The minimum absolute atomic E-state index is 0.153. The summed E-state index contributed by atoms with van der Waals surface area (Å²) in [6.45, 7) is 1.95.